The van der Waals surface area contributed by atoms with E-state index in [1.54, 1.807) is 14.7 Å². The Hall–Kier alpha value is -2.32. The first-order valence-corrected chi connectivity index (χ1v) is 11.6. The van der Waals surface area contributed by atoms with Crippen molar-refractivity contribution in [1.29, 1.82) is 0 Å². The maximum atomic E-state index is 11.9. The van der Waals surface area contributed by atoms with E-state index in [-0.39, 0.29) is 39.0 Å². The number of hydrogen-bond donors (Lipinski definition) is 5. The van der Waals surface area contributed by atoms with Gasteiger partial charge in [0.2, 0.25) is 0 Å². The lowest BCUT2D eigenvalue weighted by atomic mass is 10.1. The highest BCUT2D eigenvalue weighted by molar-refractivity contribution is 5.75. The second-order valence-electron chi connectivity index (χ2n) is 8.50. The molecule has 0 aliphatic carbocycles. The number of rotatable bonds is 13. The molecular formula is C21H39N5O8. The number of hydrogen-bond acceptors (Lipinski definition) is 9. The summed E-state index contributed by atoms with van der Waals surface area (Å²) in [5.41, 5.74) is 5.59. The summed E-state index contributed by atoms with van der Waals surface area (Å²) >= 11 is 0. The first kappa shape index (κ1) is 29.7. The Bertz CT molecular complexity index is 633. The van der Waals surface area contributed by atoms with Gasteiger partial charge in [-0.05, 0) is 32.4 Å². The van der Waals surface area contributed by atoms with Crippen molar-refractivity contribution in [2.24, 2.45) is 5.73 Å². The molecule has 0 bridgehead atoms. The minimum absolute atomic E-state index is 0.0998. The molecular weight excluding hydrogens is 450 g/mol. The van der Waals surface area contributed by atoms with Gasteiger partial charge in [-0.1, -0.05) is 0 Å². The van der Waals surface area contributed by atoms with E-state index in [1.807, 2.05) is 0 Å². The fraction of sp³-hybridized carbons (Fsp3) is 0.810. The van der Waals surface area contributed by atoms with Crippen LogP contribution in [0.1, 0.15) is 25.7 Å². The normalized spacial score (nSPS) is 19.1. The van der Waals surface area contributed by atoms with E-state index in [2.05, 4.69) is 4.90 Å². The van der Waals surface area contributed by atoms with Crippen molar-refractivity contribution < 1.29 is 39.6 Å². The van der Waals surface area contributed by atoms with Crippen LogP contribution in [0.2, 0.25) is 0 Å². The lowest BCUT2D eigenvalue weighted by molar-refractivity contribution is -0.146. The first-order valence-electron chi connectivity index (χ1n) is 11.6. The van der Waals surface area contributed by atoms with Crippen molar-refractivity contribution in [2.75, 3.05) is 78.5 Å². The summed E-state index contributed by atoms with van der Waals surface area (Å²) in [6.45, 7) is 4.05. The van der Waals surface area contributed by atoms with Gasteiger partial charge in [0.1, 0.15) is 6.04 Å². The van der Waals surface area contributed by atoms with Crippen LogP contribution in [0.3, 0.4) is 0 Å². The summed E-state index contributed by atoms with van der Waals surface area (Å²) in [7, 11) is 0. The molecule has 0 radical (unpaired) electrons. The zero-order valence-corrected chi connectivity index (χ0v) is 19.7. The van der Waals surface area contributed by atoms with Crippen LogP contribution in [0, 0.1) is 0 Å². The van der Waals surface area contributed by atoms with Crippen molar-refractivity contribution in [3.05, 3.63) is 0 Å². The zero-order valence-electron chi connectivity index (χ0n) is 19.7. The van der Waals surface area contributed by atoms with Crippen LogP contribution in [0.5, 0.6) is 0 Å². The molecule has 0 aromatic heterocycles. The highest BCUT2D eigenvalue weighted by atomic mass is 16.4. The predicted molar refractivity (Wildman–Crippen MR) is 123 cm³/mol. The smallest absolute Gasteiger partial charge is 0.320 e. The summed E-state index contributed by atoms with van der Waals surface area (Å²) in [6, 6.07) is -1.06. The van der Waals surface area contributed by atoms with Gasteiger partial charge in [-0.2, -0.15) is 0 Å². The van der Waals surface area contributed by atoms with E-state index < -0.39 is 29.9 Å². The molecule has 1 aliphatic heterocycles. The first-order chi connectivity index (χ1) is 16.1. The molecule has 34 heavy (non-hydrogen) atoms. The van der Waals surface area contributed by atoms with Crippen molar-refractivity contribution in [3.63, 3.8) is 0 Å². The highest BCUT2D eigenvalue weighted by Crippen LogP contribution is 2.10. The Kier molecular flexibility index (Phi) is 14.3. The number of carboxylic acid groups (broad SMARTS) is 4. The third-order valence-corrected chi connectivity index (χ3v) is 5.88. The van der Waals surface area contributed by atoms with Gasteiger partial charge in [0.05, 0.1) is 13.1 Å². The molecule has 0 saturated carbocycles. The standard InChI is InChI=1S/C21H39N5O8/c22-5-1-2-6-23-7-9-24(15-19(29)30)11-13-26(17(21(33)34)3-4-18(27)28)14-12-25(10-8-23)16-20(31)32/h17H,1-16,22H2,(H,27,28)(H,29,30)(H,31,32)(H,33,34). The quantitative estimate of drug-likeness (QED) is 0.187. The summed E-state index contributed by atoms with van der Waals surface area (Å²) < 4.78 is 0. The second-order valence-corrected chi connectivity index (χ2v) is 8.50. The molecule has 0 aromatic rings. The molecule has 1 saturated heterocycles. The Morgan fingerprint density at radius 1 is 0.676 bits per heavy atom. The molecule has 196 valence electrons. The van der Waals surface area contributed by atoms with Crippen molar-refractivity contribution in [1.82, 2.24) is 19.6 Å². The largest absolute Gasteiger partial charge is 0.481 e. The SMILES string of the molecule is NCCCCN1CCN(CC(=O)O)CCN(C(CCC(=O)O)C(=O)O)CCN(CC(=O)O)CC1. The van der Waals surface area contributed by atoms with E-state index in [4.69, 9.17) is 10.8 Å². The van der Waals surface area contributed by atoms with Crippen LogP contribution < -0.4 is 5.73 Å². The molecule has 1 atom stereocenters. The van der Waals surface area contributed by atoms with Crippen LogP contribution in [-0.2, 0) is 19.2 Å². The maximum absolute atomic E-state index is 11.9. The molecule has 13 heteroatoms. The number of nitrogens with zero attached hydrogens (tertiary/aromatic N) is 4. The van der Waals surface area contributed by atoms with E-state index in [9.17, 15) is 34.5 Å². The van der Waals surface area contributed by atoms with Gasteiger partial charge in [0, 0.05) is 58.8 Å². The molecule has 1 fully saturated rings. The van der Waals surface area contributed by atoms with Crippen LogP contribution in [-0.4, -0.2) is 148 Å². The lowest BCUT2D eigenvalue weighted by Crippen LogP contribution is -2.51. The van der Waals surface area contributed by atoms with E-state index >= 15 is 0 Å². The van der Waals surface area contributed by atoms with Gasteiger partial charge < -0.3 is 31.1 Å². The van der Waals surface area contributed by atoms with Crippen LogP contribution in [0.25, 0.3) is 0 Å². The lowest BCUT2D eigenvalue weighted by Gasteiger charge is -2.35. The summed E-state index contributed by atoms with van der Waals surface area (Å²) in [5.74, 6) is -4.23. The molecule has 0 aromatic carbocycles. The molecule has 13 nitrogen and oxygen atoms in total. The highest BCUT2D eigenvalue weighted by Gasteiger charge is 2.28. The Labute approximate surface area is 199 Å². The molecule has 6 N–H and O–H groups in total. The third kappa shape index (κ3) is 12.8. The predicted octanol–water partition coefficient (Wildman–Crippen LogP) is -1.57. The molecule has 1 heterocycles. The number of unbranched alkanes of at least 4 members (excludes halogenated alkanes) is 1. The average molecular weight is 490 g/mol. The molecule has 1 aliphatic rings. The van der Waals surface area contributed by atoms with Crippen LogP contribution in [0.15, 0.2) is 0 Å². The zero-order chi connectivity index (χ0) is 25.5. The minimum atomic E-state index is -1.16. The monoisotopic (exact) mass is 489 g/mol. The Morgan fingerprint density at radius 2 is 1.15 bits per heavy atom. The number of aliphatic carboxylic acids is 4. The van der Waals surface area contributed by atoms with Crippen molar-refractivity contribution in [3.8, 4) is 0 Å². The fourth-order valence-corrected chi connectivity index (χ4v) is 3.99. The van der Waals surface area contributed by atoms with Crippen molar-refractivity contribution >= 4 is 23.9 Å². The number of carbonyl (C=O) groups is 4. The average Bonchev–Trinajstić information content (AvgIpc) is 2.73. The van der Waals surface area contributed by atoms with Crippen LogP contribution >= 0.6 is 0 Å². The van der Waals surface area contributed by atoms with E-state index in [0.717, 1.165) is 19.4 Å². The van der Waals surface area contributed by atoms with Gasteiger partial charge in [-0.15, -0.1) is 0 Å². The molecule has 0 spiro atoms. The second kappa shape index (κ2) is 16.3. The molecule has 1 rings (SSSR count). The number of carboxylic acids is 4. The Morgan fingerprint density at radius 3 is 1.56 bits per heavy atom. The maximum Gasteiger partial charge on any atom is 0.320 e. The summed E-state index contributed by atoms with van der Waals surface area (Å²) in [6.07, 6.45) is 1.32. The van der Waals surface area contributed by atoms with E-state index in [0.29, 0.717) is 45.8 Å². The molecule has 0 amide bonds. The topological polar surface area (TPSA) is 188 Å². The fourth-order valence-electron chi connectivity index (χ4n) is 3.99. The summed E-state index contributed by atoms with van der Waals surface area (Å²) in [5, 5.41) is 37.4. The van der Waals surface area contributed by atoms with Gasteiger partial charge in [-0.3, -0.25) is 33.9 Å². The minimum Gasteiger partial charge on any atom is -0.481 e. The van der Waals surface area contributed by atoms with Gasteiger partial charge in [0.25, 0.3) is 0 Å². The van der Waals surface area contributed by atoms with Gasteiger partial charge in [0.15, 0.2) is 0 Å². The molecule has 1 unspecified atom stereocenters. The van der Waals surface area contributed by atoms with Gasteiger partial charge in [-0.25, -0.2) is 0 Å². The third-order valence-electron chi connectivity index (χ3n) is 5.88. The Balaban J connectivity index is 3.06. The summed E-state index contributed by atoms with van der Waals surface area (Å²) in [4.78, 5) is 53.0. The van der Waals surface area contributed by atoms with E-state index in [1.165, 1.54) is 0 Å². The van der Waals surface area contributed by atoms with Crippen LogP contribution in [0.4, 0.5) is 0 Å². The number of nitrogens with two attached hydrogens (primary N) is 1. The van der Waals surface area contributed by atoms with Gasteiger partial charge >= 0.3 is 23.9 Å². The van der Waals surface area contributed by atoms with Crippen molar-refractivity contribution in [2.45, 2.75) is 31.7 Å².